The third kappa shape index (κ3) is 2.39. The van der Waals surface area contributed by atoms with Gasteiger partial charge in [-0.1, -0.05) is 18.5 Å². The summed E-state index contributed by atoms with van der Waals surface area (Å²) in [5.74, 6) is 0. The Morgan fingerprint density at radius 1 is 1.62 bits per heavy atom. The highest BCUT2D eigenvalue weighted by atomic mass is 35.5. The summed E-state index contributed by atoms with van der Waals surface area (Å²) in [4.78, 5) is 0. The topological polar surface area (TPSA) is 39.1 Å². The number of nitrogens with zero attached hydrogens (tertiary/aromatic N) is 2. The number of ether oxygens (including phenoxy) is 1. The Bertz CT molecular complexity index is 358. The zero-order valence-corrected chi connectivity index (χ0v) is 10.5. The molecule has 0 radical (unpaired) electrons. The number of rotatable bonds is 4. The van der Waals surface area contributed by atoms with Gasteiger partial charge in [-0.25, -0.2) is 0 Å². The summed E-state index contributed by atoms with van der Waals surface area (Å²) in [6.07, 6.45) is 2.25. The Hall–Kier alpha value is -0.580. The molecule has 1 aliphatic rings. The maximum atomic E-state index is 6.24. The minimum absolute atomic E-state index is 0.316. The smallest absolute Gasteiger partial charge is 0.0904 e. The third-order valence-corrected chi connectivity index (χ3v) is 3.41. The second kappa shape index (κ2) is 5.17. The van der Waals surface area contributed by atoms with Crippen molar-refractivity contribution >= 4 is 11.6 Å². The van der Waals surface area contributed by atoms with Crippen LogP contribution in [0.4, 0.5) is 0 Å². The van der Waals surface area contributed by atoms with Crippen molar-refractivity contribution < 1.29 is 4.74 Å². The Morgan fingerprint density at radius 3 is 3.00 bits per heavy atom. The van der Waals surface area contributed by atoms with E-state index in [0.29, 0.717) is 12.7 Å². The molecular formula is C11H18ClN3O. The summed E-state index contributed by atoms with van der Waals surface area (Å²) in [6.45, 7) is 4.59. The van der Waals surface area contributed by atoms with E-state index in [2.05, 4.69) is 17.3 Å². The van der Waals surface area contributed by atoms with Crippen LogP contribution in [0, 0.1) is 0 Å². The van der Waals surface area contributed by atoms with Crippen molar-refractivity contribution in [2.45, 2.75) is 32.5 Å². The van der Waals surface area contributed by atoms with Gasteiger partial charge in [-0.2, -0.15) is 5.10 Å². The number of aromatic nitrogens is 2. The van der Waals surface area contributed by atoms with Gasteiger partial charge < -0.3 is 10.1 Å². The minimum atomic E-state index is 0.316. The van der Waals surface area contributed by atoms with Crippen LogP contribution in [-0.2, 0) is 24.8 Å². The van der Waals surface area contributed by atoms with Crippen LogP contribution in [0.3, 0.4) is 0 Å². The molecule has 0 spiro atoms. The standard InChI is InChI=1S/C11H18ClN3O/c1-3-9-11(12)10(15(2)14-9)7-16-8-4-5-13-6-8/h8,13H,3-7H2,1-2H3. The highest BCUT2D eigenvalue weighted by molar-refractivity contribution is 6.31. The van der Waals surface area contributed by atoms with Crippen molar-refractivity contribution in [1.29, 1.82) is 0 Å². The predicted octanol–water partition coefficient (Wildman–Crippen LogP) is 1.51. The molecule has 0 amide bonds. The zero-order chi connectivity index (χ0) is 11.5. The number of aryl methyl sites for hydroxylation is 2. The van der Waals surface area contributed by atoms with Gasteiger partial charge in [0.25, 0.3) is 0 Å². The van der Waals surface area contributed by atoms with Crippen LogP contribution in [-0.4, -0.2) is 29.0 Å². The summed E-state index contributed by atoms with van der Waals surface area (Å²) < 4.78 is 7.62. The molecule has 90 valence electrons. The largest absolute Gasteiger partial charge is 0.371 e. The summed E-state index contributed by atoms with van der Waals surface area (Å²) in [7, 11) is 1.91. The van der Waals surface area contributed by atoms with Gasteiger partial charge in [0.05, 0.1) is 29.1 Å². The van der Waals surface area contributed by atoms with Gasteiger partial charge in [0.2, 0.25) is 0 Å². The monoisotopic (exact) mass is 243 g/mol. The molecule has 16 heavy (non-hydrogen) atoms. The van der Waals surface area contributed by atoms with Crippen molar-refractivity contribution in [3.05, 3.63) is 16.4 Å². The van der Waals surface area contributed by atoms with Crippen molar-refractivity contribution in [2.24, 2.45) is 7.05 Å². The van der Waals surface area contributed by atoms with E-state index in [4.69, 9.17) is 16.3 Å². The summed E-state index contributed by atoms with van der Waals surface area (Å²) in [5, 5.41) is 8.40. The molecule has 0 aromatic carbocycles. The Balaban J connectivity index is 2.00. The molecule has 1 aromatic rings. The van der Waals surface area contributed by atoms with Crippen LogP contribution < -0.4 is 5.32 Å². The third-order valence-electron chi connectivity index (χ3n) is 2.97. The minimum Gasteiger partial charge on any atom is -0.371 e. The molecule has 2 rings (SSSR count). The first kappa shape index (κ1) is 11.9. The number of hydrogen-bond acceptors (Lipinski definition) is 3. The molecule has 0 bridgehead atoms. The van der Waals surface area contributed by atoms with E-state index in [9.17, 15) is 0 Å². The molecule has 5 heteroatoms. The lowest BCUT2D eigenvalue weighted by molar-refractivity contribution is 0.0505. The maximum absolute atomic E-state index is 6.24. The summed E-state index contributed by atoms with van der Waals surface area (Å²) in [5.41, 5.74) is 1.93. The van der Waals surface area contributed by atoms with E-state index in [1.165, 1.54) is 0 Å². The molecule has 1 atom stereocenters. The van der Waals surface area contributed by atoms with Gasteiger partial charge in [-0.15, -0.1) is 0 Å². The SMILES string of the molecule is CCc1nn(C)c(COC2CCNC2)c1Cl. The second-order valence-corrected chi connectivity index (χ2v) is 4.49. The lowest BCUT2D eigenvalue weighted by Crippen LogP contribution is -2.17. The highest BCUT2D eigenvalue weighted by Crippen LogP contribution is 2.22. The Morgan fingerprint density at radius 2 is 2.44 bits per heavy atom. The van der Waals surface area contributed by atoms with Crippen molar-refractivity contribution in [3.63, 3.8) is 0 Å². The molecule has 1 N–H and O–H groups in total. The van der Waals surface area contributed by atoms with E-state index in [0.717, 1.165) is 42.3 Å². The van der Waals surface area contributed by atoms with Gasteiger partial charge in [0.1, 0.15) is 0 Å². The quantitative estimate of drug-likeness (QED) is 0.872. The first-order chi connectivity index (χ1) is 7.72. The summed E-state index contributed by atoms with van der Waals surface area (Å²) in [6, 6.07) is 0. The predicted molar refractivity (Wildman–Crippen MR) is 63.7 cm³/mol. The van der Waals surface area contributed by atoms with Gasteiger partial charge >= 0.3 is 0 Å². The highest BCUT2D eigenvalue weighted by Gasteiger charge is 2.18. The molecule has 0 saturated carbocycles. The maximum Gasteiger partial charge on any atom is 0.0904 e. The molecule has 1 fully saturated rings. The number of nitrogens with one attached hydrogen (secondary N) is 1. The molecule has 0 aliphatic carbocycles. The van der Waals surface area contributed by atoms with Crippen LogP contribution in [0.5, 0.6) is 0 Å². The molecule has 2 heterocycles. The lowest BCUT2D eigenvalue weighted by atomic mass is 10.3. The molecular weight excluding hydrogens is 226 g/mol. The van der Waals surface area contributed by atoms with E-state index >= 15 is 0 Å². The van der Waals surface area contributed by atoms with Gasteiger partial charge in [0, 0.05) is 13.6 Å². The van der Waals surface area contributed by atoms with E-state index in [1.54, 1.807) is 0 Å². The average Bonchev–Trinajstić information content (AvgIpc) is 2.86. The van der Waals surface area contributed by atoms with E-state index in [1.807, 2.05) is 11.7 Å². The fourth-order valence-electron chi connectivity index (χ4n) is 1.94. The van der Waals surface area contributed by atoms with Crippen LogP contribution >= 0.6 is 11.6 Å². The van der Waals surface area contributed by atoms with E-state index < -0.39 is 0 Å². The van der Waals surface area contributed by atoms with Gasteiger partial charge in [-0.3, -0.25) is 4.68 Å². The van der Waals surface area contributed by atoms with Gasteiger partial charge in [0.15, 0.2) is 0 Å². The molecule has 1 aliphatic heterocycles. The molecule has 1 saturated heterocycles. The first-order valence-electron chi connectivity index (χ1n) is 5.75. The lowest BCUT2D eigenvalue weighted by Gasteiger charge is -2.10. The van der Waals surface area contributed by atoms with Crippen LogP contribution in [0.1, 0.15) is 24.7 Å². The molecule has 4 nitrogen and oxygen atoms in total. The fourth-order valence-corrected chi connectivity index (χ4v) is 2.29. The van der Waals surface area contributed by atoms with Crippen molar-refractivity contribution in [2.75, 3.05) is 13.1 Å². The van der Waals surface area contributed by atoms with Crippen molar-refractivity contribution in [3.8, 4) is 0 Å². The van der Waals surface area contributed by atoms with E-state index in [-0.39, 0.29) is 0 Å². The Kier molecular flexibility index (Phi) is 3.84. The van der Waals surface area contributed by atoms with Crippen LogP contribution in [0.2, 0.25) is 5.02 Å². The average molecular weight is 244 g/mol. The fraction of sp³-hybridized carbons (Fsp3) is 0.727. The van der Waals surface area contributed by atoms with Crippen molar-refractivity contribution in [1.82, 2.24) is 15.1 Å². The molecule has 1 unspecified atom stereocenters. The first-order valence-corrected chi connectivity index (χ1v) is 6.12. The van der Waals surface area contributed by atoms with Gasteiger partial charge in [-0.05, 0) is 19.4 Å². The summed E-state index contributed by atoms with van der Waals surface area (Å²) >= 11 is 6.24. The molecule has 1 aromatic heterocycles. The Labute approximate surface area is 101 Å². The van der Waals surface area contributed by atoms with Crippen LogP contribution in [0.25, 0.3) is 0 Å². The normalized spacial score (nSPS) is 20.6. The zero-order valence-electron chi connectivity index (χ0n) is 9.79. The van der Waals surface area contributed by atoms with Crippen LogP contribution in [0.15, 0.2) is 0 Å². The number of halogens is 1. The number of hydrogen-bond donors (Lipinski definition) is 1. The second-order valence-electron chi connectivity index (χ2n) is 4.11.